The molecular formula is C26H37N3O9. The van der Waals surface area contributed by atoms with E-state index in [4.69, 9.17) is 24.4 Å². The van der Waals surface area contributed by atoms with Gasteiger partial charge in [-0.15, -0.1) is 0 Å². The second-order valence-corrected chi connectivity index (χ2v) is 8.05. The normalized spacial score (nSPS) is 15.2. The maximum absolute atomic E-state index is 12.3. The summed E-state index contributed by atoms with van der Waals surface area (Å²) in [5.41, 5.74) is 0.780. The van der Waals surface area contributed by atoms with Gasteiger partial charge in [0.2, 0.25) is 11.7 Å². The predicted octanol–water partition coefficient (Wildman–Crippen LogP) is 1.15. The maximum Gasteiger partial charge on any atom is 0.328 e. The molecule has 2 aliphatic rings. The topological polar surface area (TPSA) is 155 Å². The fraction of sp³-hybridized carbons (Fsp3) is 0.462. The Morgan fingerprint density at radius 3 is 1.76 bits per heavy atom. The van der Waals surface area contributed by atoms with E-state index in [0.717, 1.165) is 11.8 Å². The van der Waals surface area contributed by atoms with Gasteiger partial charge in [-0.25, -0.2) is 9.59 Å². The third kappa shape index (κ3) is 12.4. The van der Waals surface area contributed by atoms with Crippen LogP contribution in [-0.2, 0) is 19.2 Å². The summed E-state index contributed by atoms with van der Waals surface area (Å²) in [4.78, 5) is 45.8. The smallest absolute Gasteiger partial charge is 0.328 e. The van der Waals surface area contributed by atoms with Crippen molar-refractivity contribution in [1.29, 1.82) is 0 Å². The Morgan fingerprint density at radius 1 is 0.868 bits per heavy atom. The van der Waals surface area contributed by atoms with E-state index < -0.39 is 11.9 Å². The van der Waals surface area contributed by atoms with E-state index in [9.17, 15) is 19.2 Å². The monoisotopic (exact) mass is 535 g/mol. The summed E-state index contributed by atoms with van der Waals surface area (Å²) < 4.78 is 15.9. The molecule has 1 aromatic rings. The Labute approximate surface area is 222 Å². The number of carbonyl (C=O) groups excluding carboxylic acids is 2. The molecule has 2 fully saturated rings. The predicted molar refractivity (Wildman–Crippen MR) is 141 cm³/mol. The summed E-state index contributed by atoms with van der Waals surface area (Å²) in [6.07, 6.45) is 8.05. The summed E-state index contributed by atoms with van der Waals surface area (Å²) in [5.74, 6) is -0.980. The second-order valence-electron chi connectivity index (χ2n) is 8.05. The summed E-state index contributed by atoms with van der Waals surface area (Å²) in [5, 5.41) is 18.8. The van der Waals surface area contributed by atoms with E-state index in [0.29, 0.717) is 62.1 Å². The first kappa shape index (κ1) is 32.1. The Kier molecular flexibility index (Phi) is 15.5. The number of nitrogens with zero attached hydrogens (tertiary/aromatic N) is 2. The molecule has 0 unspecified atom stereocenters. The van der Waals surface area contributed by atoms with Crippen LogP contribution in [0, 0.1) is 0 Å². The number of carboxylic acids is 2. The standard InChI is InChI=1S/C18H24N2O5.C4H9N.C4H4O4/c1-23-15-12-14(13-16(24-2)18(15)25-3)4-5-17(22)20-8-6-19(7-9-20)10-11-21;1-2-4-5-3-1;5-3(6)1-2-4(7)8/h4-5,11-13H,6-10H2,1-3H3;5H,1-4H2;1-2H,(H,5,6)(H,7,8)/b;;2-1-. The van der Waals surface area contributed by atoms with Crippen molar-refractivity contribution in [3.8, 4) is 17.2 Å². The highest BCUT2D eigenvalue weighted by Crippen LogP contribution is 2.38. The van der Waals surface area contributed by atoms with Crippen LogP contribution in [0.2, 0.25) is 0 Å². The largest absolute Gasteiger partial charge is 0.493 e. The lowest BCUT2D eigenvalue weighted by Crippen LogP contribution is -2.48. The van der Waals surface area contributed by atoms with Crippen molar-refractivity contribution in [3.63, 3.8) is 0 Å². The van der Waals surface area contributed by atoms with Crippen LogP contribution in [0.15, 0.2) is 30.4 Å². The van der Waals surface area contributed by atoms with Crippen LogP contribution in [-0.4, -0.2) is 111 Å². The van der Waals surface area contributed by atoms with Crippen LogP contribution in [0.3, 0.4) is 0 Å². The SMILES string of the molecule is C1CCNC1.COc1cc(C=CC(=O)N2CCN(CC=O)CC2)cc(OC)c1OC.O=C(O)/C=C\C(=O)O. The fourth-order valence-electron chi connectivity index (χ4n) is 3.49. The minimum absolute atomic E-state index is 0.0560. The lowest BCUT2D eigenvalue weighted by atomic mass is 10.1. The van der Waals surface area contributed by atoms with Crippen LogP contribution < -0.4 is 19.5 Å². The lowest BCUT2D eigenvalue weighted by Gasteiger charge is -2.33. The molecule has 1 amide bonds. The van der Waals surface area contributed by atoms with Crippen molar-refractivity contribution in [3.05, 3.63) is 35.9 Å². The minimum atomic E-state index is -1.26. The zero-order valence-electron chi connectivity index (χ0n) is 22.1. The van der Waals surface area contributed by atoms with Gasteiger partial charge in [0.25, 0.3) is 0 Å². The molecule has 0 aromatic heterocycles. The summed E-state index contributed by atoms with van der Waals surface area (Å²) >= 11 is 0. The molecule has 1 aromatic carbocycles. The van der Waals surface area contributed by atoms with E-state index in [1.165, 1.54) is 32.0 Å². The molecule has 0 radical (unpaired) electrons. The highest BCUT2D eigenvalue weighted by atomic mass is 16.5. The first-order valence-corrected chi connectivity index (χ1v) is 12.0. The summed E-state index contributed by atoms with van der Waals surface area (Å²) in [6.45, 7) is 5.58. The maximum atomic E-state index is 12.3. The Morgan fingerprint density at radius 2 is 1.39 bits per heavy atom. The van der Waals surface area contributed by atoms with E-state index in [1.807, 2.05) is 4.90 Å². The van der Waals surface area contributed by atoms with Crippen molar-refractivity contribution >= 4 is 30.2 Å². The van der Waals surface area contributed by atoms with Crippen LogP contribution in [0.4, 0.5) is 0 Å². The van der Waals surface area contributed by atoms with Gasteiger partial charge in [-0.2, -0.15) is 0 Å². The van der Waals surface area contributed by atoms with Crippen LogP contribution in [0.1, 0.15) is 18.4 Å². The van der Waals surface area contributed by atoms with E-state index in [2.05, 4.69) is 5.32 Å². The number of carboxylic acid groups (broad SMARTS) is 2. The Balaban J connectivity index is 0.000000453. The number of benzene rings is 1. The molecule has 0 atom stereocenters. The van der Waals surface area contributed by atoms with Crippen LogP contribution >= 0.6 is 0 Å². The number of hydrogen-bond acceptors (Lipinski definition) is 9. The number of piperazine rings is 1. The van der Waals surface area contributed by atoms with E-state index >= 15 is 0 Å². The van der Waals surface area contributed by atoms with Crippen molar-refractivity contribution in [2.24, 2.45) is 0 Å². The van der Waals surface area contributed by atoms with Crippen LogP contribution in [0.25, 0.3) is 6.08 Å². The first-order chi connectivity index (χ1) is 18.2. The number of ether oxygens (including phenoxy) is 3. The number of rotatable bonds is 9. The van der Waals surface area contributed by atoms with Gasteiger partial charge in [0.05, 0.1) is 27.9 Å². The van der Waals surface area contributed by atoms with Gasteiger partial charge < -0.3 is 39.4 Å². The van der Waals surface area contributed by atoms with Gasteiger partial charge in [-0.05, 0) is 49.7 Å². The molecule has 3 rings (SSSR count). The van der Waals surface area contributed by atoms with Gasteiger partial charge in [-0.3, -0.25) is 9.69 Å². The lowest BCUT2D eigenvalue weighted by molar-refractivity contribution is -0.134. The molecule has 2 heterocycles. The number of aldehydes is 1. The number of methoxy groups -OCH3 is 3. The first-order valence-electron chi connectivity index (χ1n) is 12.0. The molecular weight excluding hydrogens is 498 g/mol. The van der Waals surface area contributed by atoms with E-state index in [1.54, 1.807) is 44.4 Å². The van der Waals surface area contributed by atoms with Gasteiger partial charge in [0.1, 0.15) is 6.29 Å². The third-order valence-electron chi connectivity index (χ3n) is 5.45. The average molecular weight is 536 g/mol. The van der Waals surface area contributed by atoms with Gasteiger partial charge in [0.15, 0.2) is 11.5 Å². The molecule has 0 aliphatic carbocycles. The van der Waals surface area contributed by atoms with Crippen molar-refractivity contribution < 1.29 is 43.6 Å². The fourth-order valence-corrected chi connectivity index (χ4v) is 3.49. The Bertz CT molecular complexity index is 918. The van der Waals surface area contributed by atoms with Gasteiger partial charge in [-0.1, -0.05) is 0 Å². The quantitative estimate of drug-likeness (QED) is 0.308. The van der Waals surface area contributed by atoms with E-state index in [-0.39, 0.29) is 5.91 Å². The summed E-state index contributed by atoms with van der Waals surface area (Å²) in [7, 11) is 4.65. The average Bonchev–Trinajstić information content (AvgIpc) is 3.51. The molecule has 0 saturated carbocycles. The molecule has 0 bridgehead atoms. The molecule has 38 heavy (non-hydrogen) atoms. The molecule has 210 valence electrons. The van der Waals surface area contributed by atoms with Gasteiger partial charge in [0, 0.05) is 44.4 Å². The molecule has 0 spiro atoms. The second kappa shape index (κ2) is 18.4. The zero-order valence-corrected chi connectivity index (χ0v) is 22.1. The van der Waals surface area contributed by atoms with Crippen LogP contribution in [0.5, 0.6) is 17.2 Å². The third-order valence-corrected chi connectivity index (χ3v) is 5.45. The van der Waals surface area contributed by atoms with Crippen molar-refractivity contribution in [2.75, 3.05) is 67.1 Å². The summed E-state index contributed by atoms with van der Waals surface area (Å²) in [6, 6.07) is 3.57. The van der Waals surface area contributed by atoms with Crippen molar-refractivity contribution in [1.82, 2.24) is 15.1 Å². The molecule has 12 heteroatoms. The highest BCUT2D eigenvalue weighted by Gasteiger charge is 2.19. The van der Waals surface area contributed by atoms with Crippen molar-refractivity contribution in [2.45, 2.75) is 12.8 Å². The number of nitrogens with one attached hydrogen (secondary N) is 1. The number of amides is 1. The number of aliphatic carboxylic acids is 2. The molecule has 12 nitrogen and oxygen atoms in total. The minimum Gasteiger partial charge on any atom is -0.493 e. The number of hydrogen-bond donors (Lipinski definition) is 3. The zero-order chi connectivity index (χ0) is 28.3. The highest BCUT2D eigenvalue weighted by molar-refractivity contribution is 5.92. The Hall–Kier alpha value is -3.90. The van der Waals surface area contributed by atoms with Gasteiger partial charge >= 0.3 is 11.9 Å². The molecule has 2 aliphatic heterocycles. The molecule has 3 N–H and O–H groups in total. The number of carbonyl (C=O) groups is 4. The molecule has 2 saturated heterocycles.